The van der Waals surface area contributed by atoms with Crippen LogP contribution in [-0.2, 0) is 27.8 Å². The summed E-state index contributed by atoms with van der Waals surface area (Å²) in [4.78, 5) is 29.3. The Morgan fingerprint density at radius 3 is 2.55 bits per heavy atom. The van der Waals surface area contributed by atoms with Gasteiger partial charge in [0.05, 0.1) is 10.5 Å². The van der Waals surface area contributed by atoms with Crippen LogP contribution in [0.1, 0.15) is 50.3 Å². The SMILES string of the molecule is Cc1cc(C)c(S(=O)(=O)N[C@@H](CNC(=O)c2ccn(Cc3cc4c(nc3C)NCCC4)c2)C(=O)O)c(C)c1. The largest absolute Gasteiger partial charge is 0.480 e. The standard InChI is InChI=1S/C27H33N5O5S/c1-16-10-17(2)24(18(3)11-16)38(36,37)31-23(27(34)35)13-29-26(33)21-7-9-32(14-21)15-22-12-20-6-5-8-28-25(20)30-19(22)4/h7,9-12,14,23,31H,5-6,8,13,15H2,1-4H3,(H,28,30)(H,29,33)(H,34,35)/t23-/m0/s1. The Morgan fingerprint density at radius 2 is 1.87 bits per heavy atom. The molecule has 4 rings (SSSR count). The van der Waals surface area contributed by atoms with E-state index in [1.807, 2.05) is 18.4 Å². The molecule has 3 aromatic rings. The highest BCUT2D eigenvalue weighted by molar-refractivity contribution is 7.89. The number of carbonyl (C=O) groups excluding carboxylic acids is 1. The van der Waals surface area contributed by atoms with Gasteiger partial charge in [0.2, 0.25) is 10.0 Å². The highest BCUT2D eigenvalue weighted by Gasteiger charge is 2.28. The Bertz CT molecular complexity index is 1470. The average molecular weight is 540 g/mol. The summed E-state index contributed by atoms with van der Waals surface area (Å²) in [5.74, 6) is -0.957. The lowest BCUT2D eigenvalue weighted by molar-refractivity contribution is -0.138. The minimum atomic E-state index is -4.13. The van der Waals surface area contributed by atoms with Gasteiger partial charge in [-0.05, 0) is 74.9 Å². The molecule has 0 radical (unpaired) electrons. The number of aliphatic carboxylic acids is 1. The number of sulfonamides is 1. The van der Waals surface area contributed by atoms with Gasteiger partial charge in [-0.2, -0.15) is 4.72 Å². The third kappa shape index (κ3) is 6.05. The maximum absolute atomic E-state index is 13.0. The summed E-state index contributed by atoms with van der Waals surface area (Å²) in [5.41, 5.74) is 5.43. The van der Waals surface area contributed by atoms with E-state index in [2.05, 4.69) is 26.4 Å². The predicted molar refractivity (Wildman–Crippen MR) is 144 cm³/mol. The fraction of sp³-hybridized carbons (Fsp3) is 0.370. The van der Waals surface area contributed by atoms with E-state index in [-0.39, 0.29) is 4.90 Å². The zero-order valence-electron chi connectivity index (χ0n) is 22.0. The van der Waals surface area contributed by atoms with Gasteiger partial charge in [0.25, 0.3) is 5.91 Å². The number of benzene rings is 1. The molecule has 0 unspecified atom stereocenters. The first-order valence-corrected chi connectivity index (χ1v) is 13.9. The second-order valence-electron chi connectivity index (χ2n) is 9.79. The fourth-order valence-corrected chi connectivity index (χ4v) is 6.51. The fourth-order valence-electron chi connectivity index (χ4n) is 4.87. The smallest absolute Gasteiger partial charge is 0.323 e. The first-order valence-electron chi connectivity index (χ1n) is 12.4. The van der Waals surface area contributed by atoms with Crippen LogP contribution in [0.4, 0.5) is 5.82 Å². The van der Waals surface area contributed by atoms with Crippen LogP contribution >= 0.6 is 0 Å². The van der Waals surface area contributed by atoms with Crippen LogP contribution in [0.25, 0.3) is 0 Å². The Labute approximate surface area is 222 Å². The number of aryl methyl sites for hydroxylation is 5. The molecule has 0 aliphatic carbocycles. The van der Waals surface area contributed by atoms with Crippen LogP contribution in [0.3, 0.4) is 0 Å². The first-order chi connectivity index (χ1) is 17.9. The lowest BCUT2D eigenvalue weighted by Gasteiger charge is -2.19. The van der Waals surface area contributed by atoms with Crippen LogP contribution in [0.2, 0.25) is 0 Å². The summed E-state index contributed by atoms with van der Waals surface area (Å²) in [5, 5.41) is 15.5. The van der Waals surface area contributed by atoms with Crippen LogP contribution < -0.4 is 15.4 Å². The summed E-state index contributed by atoms with van der Waals surface area (Å²) in [7, 11) is -4.13. The highest BCUT2D eigenvalue weighted by Crippen LogP contribution is 2.24. The maximum atomic E-state index is 13.0. The normalized spacial score (nSPS) is 13.9. The molecule has 0 saturated carbocycles. The molecular formula is C27H33N5O5S. The quantitative estimate of drug-likeness (QED) is 0.327. The number of hydrogen-bond acceptors (Lipinski definition) is 6. The number of fused-ring (bicyclic) bond motifs is 1. The second kappa shape index (κ2) is 11.0. The molecule has 1 aliphatic heterocycles. The van der Waals surface area contributed by atoms with Gasteiger partial charge < -0.3 is 20.3 Å². The Hall–Kier alpha value is -3.70. The number of rotatable bonds is 9. The topological polar surface area (TPSA) is 142 Å². The number of amides is 1. The van der Waals surface area contributed by atoms with Gasteiger partial charge in [0.15, 0.2) is 0 Å². The van der Waals surface area contributed by atoms with Gasteiger partial charge in [-0.15, -0.1) is 0 Å². The molecule has 1 atom stereocenters. The Morgan fingerprint density at radius 1 is 1.16 bits per heavy atom. The van der Waals surface area contributed by atoms with Gasteiger partial charge in [-0.3, -0.25) is 9.59 Å². The van der Waals surface area contributed by atoms with Gasteiger partial charge >= 0.3 is 5.97 Å². The van der Waals surface area contributed by atoms with Gasteiger partial charge in [0, 0.05) is 37.7 Å². The third-order valence-electron chi connectivity index (χ3n) is 6.61. The molecule has 10 nitrogen and oxygen atoms in total. The molecule has 1 aromatic carbocycles. The minimum absolute atomic E-state index is 0.0421. The van der Waals surface area contributed by atoms with Gasteiger partial charge in [0.1, 0.15) is 11.9 Å². The number of aromatic nitrogens is 2. The summed E-state index contributed by atoms with van der Waals surface area (Å²) < 4.78 is 30.1. The third-order valence-corrected chi connectivity index (χ3v) is 8.39. The van der Waals surface area contributed by atoms with Crippen molar-refractivity contribution in [2.24, 2.45) is 0 Å². The van der Waals surface area contributed by atoms with Crippen molar-refractivity contribution in [2.75, 3.05) is 18.4 Å². The van der Waals surface area contributed by atoms with Crippen molar-refractivity contribution < 1.29 is 23.1 Å². The zero-order chi connectivity index (χ0) is 27.6. The predicted octanol–water partition coefficient (Wildman–Crippen LogP) is 2.68. The number of carboxylic acids is 1. The highest BCUT2D eigenvalue weighted by atomic mass is 32.2. The van der Waals surface area contributed by atoms with Gasteiger partial charge in [-0.1, -0.05) is 17.7 Å². The van der Waals surface area contributed by atoms with E-state index < -0.39 is 34.5 Å². The van der Waals surface area contributed by atoms with Crippen molar-refractivity contribution in [1.29, 1.82) is 0 Å². The van der Waals surface area contributed by atoms with E-state index in [1.54, 1.807) is 44.4 Å². The number of carboxylic acid groups (broad SMARTS) is 1. The van der Waals surface area contributed by atoms with E-state index in [1.165, 1.54) is 5.56 Å². The number of pyridine rings is 1. The molecule has 1 amide bonds. The van der Waals surface area contributed by atoms with E-state index in [9.17, 15) is 23.1 Å². The summed E-state index contributed by atoms with van der Waals surface area (Å²) in [6.07, 6.45) is 5.47. The molecule has 0 saturated heterocycles. The van der Waals surface area contributed by atoms with Crippen molar-refractivity contribution in [3.63, 3.8) is 0 Å². The summed E-state index contributed by atoms with van der Waals surface area (Å²) >= 11 is 0. The maximum Gasteiger partial charge on any atom is 0.323 e. The Balaban J connectivity index is 1.42. The lowest BCUT2D eigenvalue weighted by atomic mass is 10.0. The van der Waals surface area contributed by atoms with Gasteiger partial charge in [-0.25, -0.2) is 13.4 Å². The summed E-state index contributed by atoms with van der Waals surface area (Å²) in [6, 6.07) is 5.69. The van der Waals surface area contributed by atoms with E-state index in [0.717, 1.165) is 42.0 Å². The van der Waals surface area contributed by atoms with E-state index in [0.29, 0.717) is 23.2 Å². The number of anilines is 1. The van der Waals surface area contributed by atoms with E-state index in [4.69, 9.17) is 0 Å². The molecule has 202 valence electrons. The van der Waals surface area contributed by atoms with E-state index >= 15 is 0 Å². The minimum Gasteiger partial charge on any atom is -0.480 e. The average Bonchev–Trinajstić information content (AvgIpc) is 3.29. The molecule has 0 spiro atoms. The number of nitrogens with one attached hydrogen (secondary N) is 3. The number of carbonyl (C=O) groups is 2. The molecular weight excluding hydrogens is 506 g/mol. The van der Waals surface area contributed by atoms with Crippen LogP contribution in [-0.4, -0.2) is 54.1 Å². The van der Waals surface area contributed by atoms with Crippen molar-refractivity contribution in [3.8, 4) is 0 Å². The summed E-state index contributed by atoms with van der Waals surface area (Å²) in [6.45, 7) is 8.18. The first kappa shape index (κ1) is 27.3. The molecule has 11 heteroatoms. The molecule has 38 heavy (non-hydrogen) atoms. The molecule has 0 fully saturated rings. The molecule has 0 bridgehead atoms. The van der Waals surface area contributed by atoms with Crippen LogP contribution in [0, 0.1) is 27.7 Å². The Kier molecular flexibility index (Phi) is 7.89. The van der Waals surface area contributed by atoms with Crippen molar-refractivity contribution >= 4 is 27.7 Å². The second-order valence-corrected chi connectivity index (χ2v) is 11.4. The lowest BCUT2D eigenvalue weighted by Crippen LogP contribution is -2.48. The molecule has 3 heterocycles. The van der Waals surface area contributed by atoms with Crippen molar-refractivity contribution in [2.45, 2.75) is 58.0 Å². The zero-order valence-corrected chi connectivity index (χ0v) is 22.8. The van der Waals surface area contributed by atoms with Crippen LogP contribution in [0.15, 0.2) is 41.6 Å². The molecule has 2 aromatic heterocycles. The molecule has 4 N–H and O–H groups in total. The van der Waals surface area contributed by atoms with Crippen molar-refractivity contribution in [1.82, 2.24) is 19.6 Å². The number of hydrogen-bond donors (Lipinski definition) is 4. The molecule has 1 aliphatic rings. The van der Waals surface area contributed by atoms with Crippen molar-refractivity contribution in [3.05, 3.63) is 75.7 Å². The number of nitrogens with zero attached hydrogens (tertiary/aromatic N) is 2. The van der Waals surface area contributed by atoms with Crippen LogP contribution in [0.5, 0.6) is 0 Å². The monoisotopic (exact) mass is 539 g/mol.